The van der Waals surface area contributed by atoms with Gasteiger partial charge in [-0.1, -0.05) is 18.0 Å². The fraction of sp³-hybridized carbons (Fsp3) is 0.375. The van der Waals surface area contributed by atoms with Crippen LogP contribution in [0.4, 0.5) is 22.0 Å². The number of carboxylic acid groups (broad SMARTS) is 1. The largest absolute Gasteiger partial charge is 0.465 e. The molecule has 0 bridgehead atoms. The van der Waals surface area contributed by atoms with Crippen LogP contribution in [0.3, 0.4) is 0 Å². The van der Waals surface area contributed by atoms with Crippen molar-refractivity contribution in [3.05, 3.63) is 47.4 Å². The molecule has 4 heterocycles. The van der Waals surface area contributed by atoms with Gasteiger partial charge in [-0.3, -0.25) is 9.78 Å². The zero-order valence-corrected chi connectivity index (χ0v) is 19.3. The van der Waals surface area contributed by atoms with E-state index in [9.17, 15) is 9.59 Å². The Labute approximate surface area is 201 Å². The van der Waals surface area contributed by atoms with Crippen molar-refractivity contribution in [2.45, 2.75) is 38.1 Å². The van der Waals surface area contributed by atoms with E-state index >= 15 is 0 Å². The highest BCUT2D eigenvalue weighted by Gasteiger charge is 2.29. The van der Waals surface area contributed by atoms with Gasteiger partial charge in [0.15, 0.2) is 5.78 Å². The lowest BCUT2D eigenvalue weighted by Crippen LogP contribution is -2.47. The summed E-state index contributed by atoms with van der Waals surface area (Å²) >= 11 is 6.17. The molecule has 1 saturated carbocycles. The molecule has 176 valence electrons. The van der Waals surface area contributed by atoms with Crippen molar-refractivity contribution >= 4 is 51.7 Å². The van der Waals surface area contributed by atoms with Crippen molar-refractivity contribution < 1.29 is 14.7 Å². The minimum absolute atomic E-state index is 0.0194. The van der Waals surface area contributed by atoms with Crippen LogP contribution in [0.2, 0.25) is 5.15 Å². The van der Waals surface area contributed by atoms with Crippen LogP contribution >= 0.6 is 11.6 Å². The van der Waals surface area contributed by atoms with Gasteiger partial charge in [-0.05, 0) is 49.9 Å². The Kier molecular flexibility index (Phi) is 6.19. The molecule has 34 heavy (non-hydrogen) atoms. The second-order valence-corrected chi connectivity index (χ2v) is 9.19. The number of halogens is 1. The summed E-state index contributed by atoms with van der Waals surface area (Å²) in [6.07, 6.45) is 6.86. The van der Waals surface area contributed by atoms with Gasteiger partial charge in [0.1, 0.15) is 16.5 Å². The number of rotatable bonds is 6. The smallest absolute Gasteiger partial charge is 0.404 e. The minimum Gasteiger partial charge on any atom is -0.465 e. The highest BCUT2D eigenvalue weighted by molar-refractivity contribution is 6.30. The number of pyridine rings is 3. The van der Waals surface area contributed by atoms with Crippen molar-refractivity contribution in [1.82, 2.24) is 20.3 Å². The van der Waals surface area contributed by atoms with Crippen LogP contribution in [0.5, 0.6) is 0 Å². The number of Topliss-reactive ketones (excluding diaryl/α,β-unsaturated/α-hetero) is 1. The van der Waals surface area contributed by atoms with Crippen LogP contribution in [0.1, 0.15) is 42.5 Å². The summed E-state index contributed by atoms with van der Waals surface area (Å²) in [5.74, 6) is 0.861. The molecule has 1 unspecified atom stereocenters. The van der Waals surface area contributed by atoms with Gasteiger partial charge in [0, 0.05) is 31.2 Å². The Bertz CT molecular complexity index is 1230. The molecule has 0 aromatic carbocycles. The molecule has 1 aliphatic carbocycles. The van der Waals surface area contributed by atoms with Gasteiger partial charge < -0.3 is 20.6 Å². The number of ketones is 1. The van der Waals surface area contributed by atoms with Crippen LogP contribution in [-0.2, 0) is 0 Å². The predicted octanol–water partition coefficient (Wildman–Crippen LogP) is 4.64. The molecule has 1 aliphatic heterocycles. The Morgan fingerprint density at radius 2 is 1.91 bits per heavy atom. The van der Waals surface area contributed by atoms with Gasteiger partial charge >= 0.3 is 6.09 Å². The van der Waals surface area contributed by atoms with E-state index in [0.29, 0.717) is 39.7 Å². The fourth-order valence-corrected chi connectivity index (χ4v) is 4.66. The van der Waals surface area contributed by atoms with Gasteiger partial charge in [-0.2, -0.15) is 0 Å². The SMILES string of the molecule is O=C(O)NC1CCCN(c2ccc(Nc3c(C(=O)C4CCC4)cnc4ccc(Cl)nc34)cn2)C1. The summed E-state index contributed by atoms with van der Waals surface area (Å²) in [7, 11) is 0. The molecular weight excluding hydrogens is 456 g/mol. The topological polar surface area (TPSA) is 120 Å². The van der Waals surface area contributed by atoms with Gasteiger partial charge in [0.05, 0.1) is 28.7 Å². The number of hydrogen-bond donors (Lipinski definition) is 3. The summed E-state index contributed by atoms with van der Waals surface area (Å²) in [5.41, 5.74) is 2.99. The average Bonchev–Trinajstić information content (AvgIpc) is 2.78. The van der Waals surface area contributed by atoms with E-state index in [1.165, 1.54) is 0 Å². The van der Waals surface area contributed by atoms with E-state index < -0.39 is 6.09 Å². The second-order valence-electron chi connectivity index (χ2n) is 8.81. The summed E-state index contributed by atoms with van der Waals surface area (Å²) < 4.78 is 0. The van der Waals surface area contributed by atoms with E-state index in [1.807, 2.05) is 12.1 Å². The Morgan fingerprint density at radius 3 is 2.62 bits per heavy atom. The zero-order chi connectivity index (χ0) is 23.7. The molecule has 2 aliphatic rings. The van der Waals surface area contributed by atoms with Crippen LogP contribution in [0.15, 0.2) is 36.7 Å². The molecule has 3 aromatic rings. The van der Waals surface area contributed by atoms with Crippen LogP contribution in [0, 0.1) is 5.92 Å². The molecule has 1 amide bonds. The van der Waals surface area contributed by atoms with Crippen molar-refractivity contribution in [1.29, 1.82) is 0 Å². The maximum absolute atomic E-state index is 13.1. The molecule has 0 spiro atoms. The number of anilines is 3. The lowest BCUT2D eigenvalue weighted by atomic mass is 9.80. The number of carbonyl (C=O) groups is 2. The predicted molar refractivity (Wildman–Crippen MR) is 130 cm³/mol. The molecule has 5 rings (SSSR count). The fourth-order valence-electron chi connectivity index (χ4n) is 4.52. The highest BCUT2D eigenvalue weighted by Crippen LogP contribution is 2.35. The number of amides is 1. The molecule has 10 heteroatoms. The molecule has 3 aromatic heterocycles. The lowest BCUT2D eigenvalue weighted by molar-refractivity contribution is 0.0856. The Morgan fingerprint density at radius 1 is 1.06 bits per heavy atom. The lowest BCUT2D eigenvalue weighted by Gasteiger charge is -2.33. The van der Waals surface area contributed by atoms with Crippen molar-refractivity contribution in [2.24, 2.45) is 5.92 Å². The van der Waals surface area contributed by atoms with Crippen molar-refractivity contribution in [3.8, 4) is 0 Å². The van der Waals surface area contributed by atoms with E-state index in [4.69, 9.17) is 16.7 Å². The standard InChI is InChI=1S/C24H25ClN6O3/c25-19-8-7-18-22(30-19)21(17(12-26-18)23(32)14-3-1-4-14)28-15-6-9-20(27-11-15)31-10-2-5-16(13-31)29-24(33)34/h6-9,11-12,14,16,29H,1-5,10,13H2,(H,26,28)(H,33,34). The highest BCUT2D eigenvalue weighted by atomic mass is 35.5. The summed E-state index contributed by atoms with van der Waals surface area (Å²) in [6.45, 7) is 1.39. The maximum atomic E-state index is 13.1. The monoisotopic (exact) mass is 480 g/mol. The zero-order valence-electron chi connectivity index (χ0n) is 18.5. The number of aromatic nitrogens is 3. The van der Waals surface area contributed by atoms with Gasteiger partial charge in [-0.25, -0.2) is 14.8 Å². The number of nitrogens with one attached hydrogen (secondary N) is 2. The van der Waals surface area contributed by atoms with E-state index in [2.05, 4.69) is 30.5 Å². The van der Waals surface area contributed by atoms with Crippen LogP contribution in [-0.4, -0.2) is 51.1 Å². The first kappa shape index (κ1) is 22.3. The quantitative estimate of drug-likeness (QED) is 0.344. The Hall–Kier alpha value is -3.46. The second kappa shape index (κ2) is 9.42. The van der Waals surface area contributed by atoms with Gasteiger partial charge in [-0.15, -0.1) is 0 Å². The molecule has 9 nitrogen and oxygen atoms in total. The third-order valence-corrected chi connectivity index (χ3v) is 6.72. The summed E-state index contributed by atoms with van der Waals surface area (Å²) in [5, 5.41) is 15.2. The average molecular weight is 481 g/mol. The molecule has 3 N–H and O–H groups in total. The van der Waals surface area contributed by atoms with E-state index in [1.54, 1.807) is 24.5 Å². The molecular formula is C24H25ClN6O3. The normalized spacial score (nSPS) is 18.4. The summed E-state index contributed by atoms with van der Waals surface area (Å²) in [6, 6.07) is 7.13. The molecule has 0 radical (unpaired) electrons. The number of piperidine rings is 1. The third-order valence-electron chi connectivity index (χ3n) is 6.51. The molecule has 1 saturated heterocycles. The number of hydrogen-bond acceptors (Lipinski definition) is 7. The van der Waals surface area contributed by atoms with Crippen molar-refractivity contribution in [3.63, 3.8) is 0 Å². The first-order chi connectivity index (χ1) is 16.5. The third kappa shape index (κ3) is 4.61. The van der Waals surface area contributed by atoms with E-state index in [0.717, 1.165) is 44.5 Å². The van der Waals surface area contributed by atoms with Crippen LogP contribution in [0.25, 0.3) is 11.0 Å². The Balaban J connectivity index is 1.42. The molecule has 2 fully saturated rings. The first-order valence-corrected chi connectivity index (χ1v) is 11.8. The number of nitrogens with zero attached hydrogens (tertiary/aromatic N) is 4. The first-order valence-electron chi connectivity index (χ1n) is 11.4. The molecule has 1 atom stereocenters. The number of carbonyl (C=O) groups excluding carboxylic acids is 1. The maximum Gasteiger partial charge on any atom is 0.404 e. The number of fused-ring (bicyclic) bond motifs is 1. The van der Waals surface area contributed by atoms with E-state index in [-0.39, 0.29) is 17.7 Å². The van der Waals surface area contributed by atoms with Gasteiger partial charge in [0.2, 0.25) is 0 Å². The summed E-state index contributed by atoms with van der Waals surface area (Å²) in [4.78, 5) is 39.7. The van der Waals surface area contributed by atoms with Gasteiger partial charge in [0.25, 0.3) is 0 Å². The van der Waals surface area contributed by atoms with Crippen LogP contribution < -0.4 is 15.5 Å². The minimum atomic E-state index is -1.01. The van der Waals surface area contributed by atoms with Crippen molar-refractivity contribution in [2.75, 3.05) is 23.3 Å².